The number of benzene rings is 2. The molecule has 8 nitrogen and oxygen atoms in total. The van der Waals surface area contributed by atoms with Crippen molar-refractivity contribution in [2.24, 2.45) is 0 Å². The number of carbonyl (C=O) groups is 3. The zero-order valence-electron chi connectivity index (χ0n) is 20.1. The molecule has 13 heteroatoms. The van der Waals surface area contributed by atoms with Crippen LogP contribution in [0.5, 0.6) is 11.5 Å². The third-order valence-electron chi connectivity index (χ3n) is 6.11. The first kappa shape index (κ1) is 27.7. The Hall–Kier alpha value is -3.32. The third kappa shape index (κ3) is 6.21. The van der Waals surface area contributed by atoms with Gasteiger partial charge in [0.2, 0.25) is 5.91 Å². The average molecular weight is 569 g/mol. The summed E-state index contributed by atoms with van der Waals surface area (Å²) >= 11 is 6.01. The molecule has 2 aromatic carbocycles. The van der Waals surface area contributed by atoms with Gasteiger partial charge in [0.25, 0.3) is 0 Å². The molecule has 2 unspecified atom stereocenters. The molecule has 2 fully saturated rings. The summed E-state index contributed by atoms with van der Waals surface area (Å²) in [4.78, 5) is 37.8. The summed E-state index contributed by atoms with van der Waals surface area (Å²) in [6, 6.07) is 10.0. The number of halogens is 3. The number of amides is 2. The number of ether oxygens (including phenoxy) is 2. The number of thiocarbonyl (C=S) groups is 1. The Bertz CT molecular complexity index is 1250. The smallest absolute Gasteiger partial charge is 0.419 e. The van der Waals surface area contributed by atoms with E-state index in [1.165, 1.54) is 12.1 Å². The predicted molar refractivity (Wildman–Crippen MR) is 136 cm³/mol. The van der Waals surface area contributed by atoms with Gasteiger partial charge in [-0.15, -0.1) is 0 Å². The lowest BCUT2D eigenvalue weighted by molar-refractivity contribution is -0.141. The van der Waals surface area contributed by atoms with Crippen LogP contribution in [0.1, 0.15) is 23.6 Å². The molecule has 2 heterocycles. The van der Waals surface area contributed by atoms with Gasteiger partial charge in [-0.3, -0.25) is 14.5 Å². The van der Waals surface area contributed by atoms with Gasteiger partial charge in [-0.2, -0.15) is 13.2 Å². The summed E-state index contributed by atoms with van der Waals surface area (Å²) < 4.78 is 52.4. The number of aliphatic carboxylic acids is 1. The molecule has 2 saturated heterocycles. The maximum Gasteiger partial charge on any atom is 0.419 e. The Balaban J connectivity index is 1.47. The molecule has 0 radical (unpaired) electrons. The highest BCUT2D eigenvalue weighted by atomic mass is 32.2. The van der Waals surface area contributed by atoms with Gasteiger partial charge in [-0.05, 0) is 55.2 Å². The highest BCUT2D eigenvalue weighted by molar-refractivity contribution is 8.24. The van der Waals surface area contributed by atoms with E-state index in [2.05, 4.69) is 0 Å². The van der Waals surface area contributed by atoms with Crippen molar-refractivity contribution >= 4 is 46.3 Å². The average Bonchev–Trinajstić information content (AvgIpc) is 3.33. The molecule has 0 aliphatic carbocycles. The van der Waals surface area contributed by atoms with Crippen molar-refractivity contribution in [3.63, 3.8) is 0 Å². The summed E-state index contributed by atoms with van der Waals surface area (Å²) in [5, 5.41) is 8.14. The second-order valence-corrected chi connectivity index (χ2v) is 10.5. The number of cyclic esters (lactones) is 1. The molecular formula is C25H23F3N2O6S2. The number of alkyl halides is 3. The van der Waals surface area contributed by atoms with Crippen LogP contribution in [0.15, 0.2) is 42.5 Å². The fourth-order valence-corrected chi connectivity index (χ4v) is 5.81. The summed E-state index contributed by atoms with van der Waals surface area (Å²) in [5.74, 6) is -1.97. The molecule has 2 atom stereocenters. The number of rotatable bonds is 9. The van der Waals surface area contributed by atoms with E-state index in [9.17, 15) is 27.6 Å². The topological polar surface area (TPSA) is 96.4 Å². The molecular weight excluding hydrogens is 545 g/mol. The summed E-state index contributed by atoms with van der Waals surface area (Å²) in [5.41, 5.74) is 0.110. The molecule has 2 aromatic rings. The van der Waals surface area contributed by atoms with E-state index >= 15 is 0 Å². The number of likely N-dealkylation sites (N-methyl/N-ethyl adjacent to an activating group) is 1. The van der Waals surface area contributed by atoms with Crippen molar-refractivity contribution in [1.82, 2.24) is 9.80 Å². The normalized spacial score (nSPS) is 19.7. The van der Waals surface area contributed by atoms with Gasteiger partial charge < -0.3 is 19.5 Å². The van der Waals surface area contributed by atoms with E-state index in [-0.39, 0.29) is 40.8 Å². The van der Waals surface area contributed by atoms with Crippen LogP contribution in [-0.4, -0.2) is 68.2 Å². The van der Waals surface area contributed by atoms with E-state index in [1.54, 1.807) is 29.2 Å². The van der Waals surface area contributed by atoms with Gasteiger partial charge in [0, 0.05) is 6.54 Å². The maximum absolute atomic E-state index is 13.9. The minimum Gasteiger partial charge on any atom is -0.480 e. The minimum atomic E-state index is -4.72. The Morgan fingerprint density at radius 1 is 1.16 bits per heavy atom. The number of hydrogen-bond donors (Lipinski definition) is 1. The number of carbonyl (C=O) groups excluding carboxylic acids is 2. The Kier molecular flexibility index (Phi) is 8.16. The fourth-order valence-electron chi connectivity index (χ4n) is 4.27. The van der Waals surface area contributed by atoms with Crippen LogP contribution >= 0.6 is 24.0 Å². The van der Waals surface area contributed by atoms with Crippen LogP contribution in [0, 0.1) is 0 Å². The van der Waals surface area contributed by atoms with Crippen molar-refractivity contribution < 1.29 is 42.1 Å². The molecule has 2 aliphatic rings. The van der Waals surface area contributed by atoms with E-state index in [0.717, 1.165) is 28.3 Å². The third-order valence-corrected chi connectivity index (χ3v) is 7.69. The number of nitrogens with zero attached hydrogens (tertiary/aromatic N) is 2. The summed E-state index contributed by atoms with van der Waals surface area (Å²) in [6.07, 6.45) is -4.61. The fraction of sp³-hybridized carbons (Fsp3) is 0.360. The van der Waals surface area contributed by atoms with Crippen LogP contribution in [0.25, 0.3) is 0 Å². The second-order valence-electron chi connectivity index (χ2n) is 8.69. The lowest BCUT2D eigenvalue weighted by atomic mass is 10.0. The molecule has 0 saturated carbocycles. The molecule has 0 bridgehead atoms. The molecule has 0 spiro atoms. The number of thioether (sulfide) groups is 1. The van der Waals surface area contributed by atoms with Crippen LogP contribution in [0.2, 0.25) is 0 Å². The lowest BCUT2D eigenvalue weighted by Crippen LogP contribution is -2.36. The molecule has 1 N–H and O–H groups in total. The highest BCUT2D eigenvalue weighted by Gasteiger charge is 2.39. The van der Waals surface area contributed by atoms with Gasteiger partial charge in [0.15, 0.2) is 0 Å². The zero-order valence-corrected chi connectivity index (χ0v) is 21.7. The van der Waals surface area contributed by atoms with Crippen molar-refractivity contribution in [2.75, 3.05) is 19.7 Å². The van der Waals surface area contributed by atoms with E-state index in [0.29, 0.717) is 13.0 Å². The first-order chi connectivity index (χ1) is 18.0. The van der Waals surface area contributed by atoms with Crippen molar-refractivity contribution in [2.45, 2.75) is 37.2 Å². The largest absolute Gasteiger partial charge is 0.480 e. The predicted octanol–water partition coefficient (Wildman–Crippen LogP) is 4.74. The Labute approximate surface area is 225 Å². The molecule has 2 amide bonds. The quantitative estimate of drug-likeness (QED) is 0.434. The van der Waals surface area contributed by atoms with Gasteiger partial charge in [-0.25, -0.2) is 4.79 Å². The Morgan fingerprint density at radius 2 is 1.84 bits per heavy atom. The van der Waals surface area contributed by atoms with Crippen LogP contribution in [0.3, 0.4) is 0 Å². The van der Waals surface area contributed by atoms with E-state index < -0.39 is 41.2 Å². The standard InChI is InChI=1S/C25H23F3N2O6S2/c1-2-29-16(13-35-23(29)34)9-14-3-6-17(7-4-14)36-19-8-5-15(10-18(19)25(26,27)28)11-20-22(33)30(12-21(31)32)24(37)38-20/h3-8,10,16,20H,2,9,11-13H2,1H3,(H,31,32). The van der Waals surface area contributed by atoms with Gasteiger partial charge in [-0.1, -0.05) is 42.2 Å². The highest BCUT2D eigenvalue weighted by Crippen LogP contribution is 2.40. The number of hydrogen-bond acceptors (Lipinski definition) is 7. The Morgan fingerprint density at radius 3 is 2.47 bits per heavy atom. The van der Waals surface area contributed by atoms with Gasteiger partial charge >= 0.3 is 18.2 Å². The molecule has 202 valence electrons. The molecule has 2 aliphatic heterocycles. The first-order valence-corrected chi connectivity index (χ1v) is 12.9. The monoisotopic (exact) mass is 568 g/mol. The van der Waals surface area contributed by atoms with E-state index in [1.807, 2.05) is 6.92 Å². The van der Waals surface area contributed by atoms with Gasteiger partial charge in [0.1, 0.15) is 29.0 Å². The summed E-state index contributed by atoms with van der Waals surface area (Å²) in [6.45, 7) is 2.06. The first-order valence-electron chi connectivity index (χ1n) is 11.6. The molecule has 4 rings (SSSR count). The maximum atomic E-state index is 13.9. The molecule has 38 heavy (non-hydrogen) atoms. The SMILES string of the molecule is CCN1C(=O)OCC1Cc1ccc(Oc2ccc(CC3SC(=S)N(CC(=O)O)C3=O)cc2C(F)(F)F)cc1. The van der Waals surface area contributed by atoms with Crippen molar-refractivity contribution in [1.29, 1.82) is 0 Å². The van der Waals surface area contributed by atoms with Crippen LogP contribution < -0.4 is 4.74 Å². The number of carboxylic acid groups (broad SMARTS) is 1. The van der Waals surface area contributed by atoms with Crippen molar-refractivity contribution in [3.05, 3.63) is 59.2 Å². The van der Waals surface area contributed by atoms with Crippen molar-refractivity contribution in [3.8, 4) is 11.5 Å². The zero-order chi connectivity index (χ0) is 27.6. The number of carboxylic acids is 1. The van der Waals surface area contributed by atoms with E-state index in [4.69, 9.17) is 26.8 Å². The minimum absolute atomic E-state index is 0.0556. The lowest BCUT2D eigenvalue weighted by Gasteiger charge is -2.19. The van der Waals surface area contributed by atoms with Crippen LogP contribution in [0.4, 0.5) is 18.0 Å². The second kappa shape index (κ2) is 11.2. The van der Waals surface area contributed by atoms with Crippen LogP contribution in [-0.2, 0) is 33.3 Å². The van der Waals surface area contributed by atoms with Gasteiger partial charge in [0.05, 0.1) is 16.9 Å². The molecule has 0 aromatic heterocycles. The summed E-state index contributed by atoms with van der Waals surface area (Å²) in [7, 11) is 0.